The fourth-order valence-corrected chi connectivity index (χ4v) is 2.44. The van der Waals surface area contributed by atoms with E-state index >= 15 is 0 Å². The standard InChI is InChI=1S/C17H26N4O2/c1-4-17(23,5-2)12-19-16(22)18-9-8-14-11-21-10-6-7-13(3)15(21)20-14/h6-7,10-11,23H,4-5,8-9,12H2,1-3H3,(H2,18,19,22). The Balaban J connectivity index is 1.80. The molecule has 0 bridgehead atoms. The molecule has 0 radical (unpaired) electrons. The van der Waals surface area contributed by atoms with Crippen LogP contribution in [0.25, 0.3) is 5.65 Å². The number of carbonyl (C=O) groups excluding carboxylic acids is 1. The summed E-state index contributed by atoms with van der Waals surface area (Å²) in [7, 11) is 0. The van der Waals surface area contributed by atoms with Crippen molar-refractivity contribution in [1.82, 2.24) is 20.0 Å². The maximum absolute atomic E-state index is 11.8. The van der Waals surface area contributed by atoms with E-state index in [1.54, 1.807) is 0 Å². The summed E-state index contributed by atoms with van der Waals surface area (Å²) in [5.74, 6) is 0. The number of imidazole rings is 1. The summed E-state index contributed by atoms with van der Waals surface area (Å²) in [4.78, 5) is 16.4. The Bertz CT molecular complexity index is 662. The topological polar surface area (TPSA) is 78.7 Å². The van der Waals surface area contributed by atoms with Crippen molar-refractivity contribution < 1.29 is 9.90 Å². The lowest BCUT2D eigenvalue weighted by Crippen LogP contribution is -2.46. The van der Waals surface area contributed by atoms with Gasteiger partial charge in [-0.25, -0.2) is 9.78 Å². The highest BCUT2D eigenvalue weighted by atomic mass is 16.3. The van der Waals surface area contributed by atoms with Gasteiger partial charge in [-0.15, -0.1) is 0 Å². The molecule has 0 spiro atoms. The molecule has 0 unspecified atom stereocenters. The van der Waals surface area contributed by atoms with Crippen LogP contribution >= 0.6 is 0 Å². The molecule has 23 heavy (non-hydrogen) atoms. The van der Waals surface area contributed by atoms with Crippen molar-refractivity contribution in [3.63, 3.8) is 0 Å². The minimum atomic E-state index is -0.823. The third-order valence-electron chi connectivity index (χ3n) is 4.29. The average Bonchev–Trinajstić information content (AvgIpc) is 2.97. The number of nitrogens with zero attached hydrogens (tertiary/aromatic N) is 2. The van der Waals surface area contributed by atoms with Gasteiger partial charge in [0.2, 0.25) is 0 Å². The first kappa shape index (κ1) is 17.3. The van der Waals surface area contributed by atoms with Gasteiger partial charge in [-0.3, -0.25) is 0 Å². The lowest BCUT2D eigenvalue weighted by molar-refractivity contribution is 0.0349. The van der Waals surface area contributed by atoms with Gasteiger partial charge in [-0.05, 0) is 31.4 Å². The number of carbonyl (C=O) groups is 1. The van der Waals surface area contributed by atoms with Crippen LogP contribution in [-0.4, -0.2) is 39.2 Å². The summed E-state index contributed by atoms with van der Waals surface area (Å²) in [6.45, 7) is 6.62. The number of amides is 2. The van der Waals surface area contributed by atoms with Gasteiger partial charge in [0.15, 0.2) is 0 Å². The van der Waals surface area contributed by atoms with Crippen molar-refractivity contribution >= 4 is 11.7 Å². The number of hydrogen-bond donors (Lipinski definition) is 3. The molecule has 3 N–H and O–H groups in total. The first-order chi connectivity index (χ1) is 11.0. The van der Waals surface area contributed by atoms with Crippen LogP contribution in [0.3, 0.4) is 0 Å². The average molecular weight is 318 g/mol. The van der Waals surface area contributed by atoms with Gasteiger partial charge in [0, 0.05) is 31.9 Å². The number of urea groups is 1. The van der Waals surface area contributed by atoms with E-state index in [0.29, 0.717) is 25.8 Å². The summed E-state index contributed by atoms with van der Waals surface area (Å²) in [5, 5.41) is 15.7. The van der Waals surface area contributed by atoms with Crippen LogP contribution in [0.5, 0.6) is 0 Å². The van der Waals surface area contributed by atoms with E-state index in [1.165, 1.54) is 0 Å². The van der Waals surface area contributed by atoms with E-state index in [9.17, 15) is 9.90 Å². The molecule has 6 heteroatoms. The number of rotatable bonds is 7. The summed E-state index contributed by atoms with van der Waals surface area (Å²) in [5.41, 5.74) is 2.19. The molecular weight excluding hydrogens is 292 g/mol. The predicted molar refractivity (Wildman–Crippen MR) is 90.6 cm³/mol. The van der Waals surface area contributed by atoms with Gasteiger partial charge in [-0.1, -0.05) is 19.9 Å². The second-order valence-electron chi connectivity index (χ2n) is 5.95. The van der Waals surface area contributed by atoms with E-state index in [1.807, 2.05) is 49.7 Å². The fraction of sp³-hybridized carbons (Fsp3) is 0.529. The number of fused-ring (bicyclic) bond motifs is 1. The molecule has 0 aromatic carbocycles. The van der Waals surface area contributed by atoms with Crippen molar-refractivity contribution in [3.05, 3.63) is 35.8 Å². The van der Waals surface area contributed by atoms with Crippen molar-refractivity contribution in [3.8, 4) is 0 Å². The Hall–Kier alpha value is -2.08. The first-order valence-electron chi connectivity index (χ1n) is 8.14. The van der Waals surface area contributed by atoms with E-state index in [-0.39, 0.29) is 12.6 Å². The number of aryl methyl sites for hydroxylation is 1. The quantitative estimate of drug-likeness (QED) is 0.731. The molecule has 0 saturated heterocycles. The minimum absolute atomic E-state index is 0.259. The van der Waals surface area contributed by atoms with E-state index in [4.69, 9.17) is 0 Å². The SMILES string of the molecule is CCC(O)(CC)CNC(=O)NCCc1cn2cccc(C)c2n1. The van der Waals surface area contributed by atoms with Crippen LogP contribution in [0.1, 0.15) is 37.9 Å². The maximum Gasteiger partial charge on any atom is 0.314 e. The molecule has 2 aromatic rings. The number of pyridine rings is 1. The Morgan fingerprint density at radius 1 is 1.35 bits per heavy atom. The summed E-state index contributed by atoms with van der Waals surface area (Å²) in [6.07, 6.45) is 5.85. The Morgan fingerprint density at radius 2 is 2.09 bits per heavy atom. The van der Waals surface area contributed by atoms with Gasteiger partial charge >= 0.3 is 6.03 Å². The van der Waals surface area contributed by atoms with Crippen LogP contribution in [-0.2, 0) is 6.42 Å². The molecule has 0 aliphatic rings. The Kier molecular flexibility index (Phi) is 5.60. The van der Waals surface area contributed by atoms with Gasteiger partial charge in [0.05, 0.1) is 11.3 Å². The van der Waals surface area contributed by atoms with Crippen molar-refractivity contribution in [1.29, 1.82) is 0 Å². The van der Waals surface area contributed by atoms with E-state index in [0.717, 1.165) is 16.9 Å². The largest absolute Gasteiger partial charge is 0.388 e. The second kappa shape index (κ2) is 7.46. The van der Waals surface area contributed by atoms with Crippen LogP contribution in [0.4, 0.5) is 4.79 Å². The Morgan fingerprint density at radius 3 is 2.74 bits per heavy atom. The third-order valence-corrected chi connectivity index (χ3v) is 4.29. The maximum atomic E-state index is 11.8. The number of aromatic nitrogens is 2. The molecule has 0 fully saturated rings. The molecule has 2 rings (SSSR count). The zero-order valence-corrected chi connectivity index (χ0v) is 14.1. The molecular formula is C17H26N4O2. The number of hydrogen-bond acceptors (Lipinski definition) is 3. The highest BCUT2D eigenvalue weighted by Crippen LogP contribution is 2.12. The number of nitrogens with one attached hydrogen (secondary N) is 2. The van der Waals surface area contributed by atoms with Crippen LogP contribution < -0.4 is 10.6 Å². The molecule has 0 aliphatic heterocycles. The minimum Gasteiger partial charge on any atom is -0.388 e. The predicted octanol–water partition coefficient (Wildman–Crippen LogP) is 2.04. The Labute approximate surface area is 136 Å². The molecule has 2 heterocycles. The summed E-state index contributed by atoms with van der Waals surface area (Å²) in [6, 6.07) is 3.76. The lowest BCUT2D eigenvalue weighted by atomic mass is 9.98. The van der Waals surface area contributed by atoms with Gasteiger partial charge in [0.25, 0.3) is 0 Å². The van der Waals surface area contributed by atoms with Crippen LogP contribution in [0, 0.1) is 6.92 Å². The zero-order chi connectivity index (χ0) is 16.9. The zero-order valence-electron chi connectivity index (χ0n) is 14.1. The summed E-state index contributed by atoms with van der Waals surface area (Å²) >= 11 is 0. The van der Waals surface area contributed by atoms with Gasteiger partial charge in [0.1, 0.15) is 5.65 Å². The monoisotopic (exact) mass is 318 g/mol. The molecule has 126 valence electrons. The highest BCUT2D eigenvalue weighted by molar-refractivity contribution is 5.73. The molecule has 2 aromatic heterocycles. The van der Waals surface area contributed by atoms with Crippen molar-refractivity contribution in [2.45, 2.75) is 45.6 Å². The van der Waals surface area contributed by atoms with Crippen LogP contribution in [0.2, 0.25) is 0 Å². The third kappa shape index (κ3) is 4.45. The van der Waals surface area contributed by atoms with Gasteiger partial charge < -0.3 is 20.1 Å². The highest BCUT2D eigenvalue weighted by Gasteiger charge is 2.22. The summed E-state index contributed by atoms with van der Waals surface area (Å²) < 4.78 is 1.99. The fourth-order valence-electron chi connectivity index (χ4n) is 2.44. The van der Waals surface area contributed by atoms with E-state index in [2.05, 4.69) is 15.6 Å². The van der Waals surface area contributed by atoms with E-state index < -0.39 is 5.60 Å². The first-order valence-corrected chi connectivity index (χ1v) is 8.14. The molecule has 2 amide bonds. The normalized spacial score (nSPS) is 11.7. The van der Waals surface area contributed by atoms with Gasteiger partial charge in [-0.2, -0.15) is 0 Å². The molecule has 0 atom stereocenters. The second-order valence-corrected chi connectivity index (χ2v) is 5.95. The molecule has 0 saturated carbocycles. The van der Waals surface area contributed by atoms with Crippen molar-refractivity contribution in [2.75, 3.05) is 13.1 Å². The molecule has 6 nitrogen and oxygen atoms in total. The smallest absolute Gasteiger partial charge is 0.314 e. The lowest BCUT2D eigenvalue weighted by Gasteiger charge is -2.25. The number of aliphatic hydroxyl groups is 1. The van der Waals surface area contributed by atoms with Crippen LogP contribution in [0.15, 0.2) is 24.5 Å². The van der Waals surface area contributed by atoms with Crippen molar-refractivity contribution in [2.24, 2.45) is 0 Å². The molecule has 0 aliphatic carbocycles.